The lowest BCUT2D eigenvalue weighted by Gasteiger charge is -2.21. The highest BCUT2D eigenvalue weighted by Crippen LogP contribution is 2.22. The van der Waals surface area contributed by atoms with Gasteiger partial charge in [0.2, 0.25) is 10.0 Å². The van der Waals surface area contributed by atoms with Gasteiger partial charge in [-0.15, -0.1) is 0 Å². The molecule has 0 saturated heterocycles. The fourth-order valence-corrected chi connectivity index (χ4v) is 4.09. The Morgan fingerprint density at radius 3 is 2.35 bits per heavy atom. The van der Waals surface area contributed by atoms with Gasteiger partial charge in [-0.25, -0.2) is 8.42 Å². The van der Waals surface area contributed by atoms with Gasteiger partial charge in [0.25, 0.3) is 5.91 Å². The first-order valence-electron chi connectivity index (χ1n) is 8.50. The van der Waals surface area contributed by atoms with Crippen LogP contribution in [-0.2, 0) is 10.0 Å². The van der Waals surface area contributed by atoms with Crippen LogP contribution in [0.2, 0.25) is 0 Å². The highest BCUT2D eigenvalue weighted by Gasteiger charge is 2.24. The second kappa shape index (κ2) is 7.63. The summed E-state index contributed by atoms with van der Waals surface area (Å²) in [5, 5.41) is 2.89. The molecular weight excluding hydrogens is 352 g/mol. The smallest absolute Gasteiger partial charge is 0.251 e. The molecule has 1 aromatic carbocycles. The summed E-state index contributed by atoms with van der Waals surface area (Å²) in [5.74, 6) is 1.20. The Hall–Kier alpha value is -2.12. The molecule has 1 amide bonds. The lowest BCUT2D eigenvalue weighted by molar-refractivity contribution is 0.0939. The Morgan fingerprint density at radius 2 is 1.81 bits per heavy atom. The number of sulfonamides is 1. The number of benzene rings is 1. The monoisotopic (exact) mass is 378 g/mol. The van der Waals surface area contributed by atoms with Crippen LogP contribution in [0.3, 0.4) is 0 Å². The molecule has 1 N–H and O–H groups in total. The fraction of sp³-hybridized carbons (Fsp3) is 0.421. The minimum absolute atomic E-state index is 0.101. The third-order valence-electron chi connectivity index (χ3n) is 4.39. The van der Waals surface area contributed by atoms with Gasteiger partial charge in [-0.1, -0.05) is 6.07 Å². The van der Waals surface area contributed by atoms with Gasteiger partial charge in [0.05, 0.1) is 10.9 Å². The van der Waals surface area contributed by atoms with Gasteiger partial charge in [-0.3, -0.25) is 4.79 Å². The van der Waals surface area contributed by atoms with E-state index in [-0.39, 0.29) is 22.9 Å². The second-order valence-corrected chi connectivity index (χ2v) is 8.70. The summed E-state index contributed by atoms with van der Waals surface area (Å²) in [6.07, 6.45) is 0. The molecule has 1 aromatic heterocycles. The molecule has 2 aromatic rings. The standard InChI is InChI=1S/C19H26N2O4S/c1-12(2)21(6)26(23,24)17-9-7-8-16(11-17)19(22)20-14(4)18-10-13(3)25-15(18)5/h7-12,14H,1-6H3,(H,20,22). The van der Waals surface area contributed by atoms with E-state index in [1.807, 2.05) is 26.8 Å². The van der Waals surface area contributed by atoms with Crippen LogP contribution in [0.15, 0.2) is 39.6 Å². The molecule has 0 saturated carbocycles. The van der Waals surface area contributed by atoms with Crippen molar-refractivity contribution >= 4 is 15.9 Å². The van der Waals surface area contributed by atoms with Gasteiger partial charge in [-0.05, 0) is 58.9 Å². The van der Waals surface area contributed by atoms with E-state index in [0.717, 1.165) is 17.1 Å². The first-order chi connectivity index (χ1) is 12.0. The molecule has 0 aliphatic rings. The van der Waals surface area contributed by atoms with Crippen molar-refractivity contribution in [2.75, 3.05) is 7.05 Å². The maximum Gasteiger partial charge on any atom is 0.251 e. The Labute approximate surface area is 155 Å². The van der Waals surface area contributed by atoms with Crippen molar-refractivity contribution in [3.63, 3.8) is 0 Å². The quantitative estimate of drug-likeness (QED) is 0.835. The van der Waals surface area contributed by atoms with E-state index in [2.05, 4.69) is 5.32 Å². The van der Waals surface area contributed by atoms with Crippen molar-refractivity contribution in [1.82, 2.24) is 9.62 Å². The molecule has 0 spiro atoms. The van der Waals surface area contributed by atoms with Crippen molar-refractivity contribution in [1.29, 1.82) is 0 Å². The van der Waals surface area contributed by atoms with Gasteiger partial charge >= 0.3 is 0 Å². The van der Waals surface area contributed by atoms with Crippen LogP contribution in [0.4, 0.5) is 0 Å². The predicted octanol–water partition coefficient (Wildman–Crippen LogP) is 3.42. The van der Waals surface area contributed by atoms with Gasteiger partial charge in [0.15, 0.2) is 0 Å². The molecule has 7 heteroatoms. The number of aryl methyl sites for hydroxylation is 2. The van der Waals surface area contributed by atoms with Gasteiger partial charge in [-0.2, -0.15) is 4.31 Å². The fourth-order valence-electron chi connectivity index (χ4n) is 2.68. The van der Waals surface area contributed by atoms with E-state index >= 15 is 0 Å². The van der Waals surface area contributed by atoms with Crippen molar-refractivity contribution in [3.8, 4) is 0 Å². The molecular formula is C19H26N2O4S. The number of rotatable bonds is 6. The number of amides is 1. The zero-order valence-electron chi connectivity index (χ0n) is 16.0. The second-order valence-electron chi connectivity index (χ2n) is 6.71. The summed E-state index contributed by atoms with van der Waals surface area (Å²) >= 11 is 0. The molecule has 2 rings (SSSR count). The predicted molar refractivity (Wildman–Crippen MR) is 101 cm³/mol. The van der Waals surface area contributed by atoms with Crippen molar-refractivity contribution in [3.05, 3.63) is 53.0 Å². The molecule has 1 unspecified atom stereocenters. The number of carbonyl (C=O) groups excluding carboxylic acids is 1. The van der Waals surface area contributed by atoms with Crippen LogP contribution in [0.5, 0.6) is 0 Å². The molecule has 6 nitrogen and oxygen atoms in total. The van der Waals surface area contributed by atoms with Crippen LogP contribution in [0.1, 0.15) is 54.3 Å². The lowest BCUT2D eigenvalue weighted by Crippen LogP contribution is -2.33. The minimum Gasteiger partial charge on any atom is -0.466 e. The molecule has 1 heterocycles. The largest absolute Gasteiger partial charge is 0.466 e. The molecule has 0 aliphatic carbocycles. The highest BCUT2D eigenvalue weighted by atomic mass is 32.2. The lowest BCUT2D eigenvalue weighted by atomic mass is 10.1. The molecule has 0 bridgehead atoms. The molecule has 26 heavy (non-hydrogen) atoms. The van der Waals surface area contributed by atoms with E-state index in [1.165, 1.54) is 23.5 Å². The maximum atomic E-state index is 12.6. The van der Waals surface area contributed by atoms with Crippen LogP contribution in [0.25, 0.3) is 0 Å². The van der Waals surface area contributed by atoms with Gasteiger partial charge in [0.1, 0.15) is 11.5 Å². The zero-order valence-corrected chi connectivity index (χ0v) is 16.8. The molecule has 1 atom stereocenters. The summed E-state index contributed by atoms with van der Waals surface area (Å²) in [6.45, 7) is 9.16. The Balaban J connectivity index is 2.24. The average molecular weight is 378 g/mol. The maximum absolute atomic E-state index is 12.6. The topological polar surface area (TPSA) is 79.6 Å². The van der Waals surface area contributed by atoms with E-state index in [0.29, 0.717) is 5.56 Å². The summed E-state index contributed by atoms with van der Waals surface area (Å²) in [5.41, 5.74) is 1.20. The average Bonchev–Trinajstić information content (AvgIpc) is 2.92. The number of furan rings is 1. The van der Waals surface area contributed by atoms with Crippen LogP contribution < -0.4 is 5.32 Å². The first-order valence-corrected chi connectivity index (χ1v) is 9.94. The Morgan fingerprint density at radius 1 is 1.15 bits per heavy atom. The number of nitrogens with zero attached hydrogens (tertiary/aromatic N) is 1. The summed E-state index contributed by atoms with van der Waals surface area (Å²) in [7, 11) is -2.11. The van der Waals surface area contributed by atoms with Crippen molar-refractivity contribution in [2.45, 2.75) is 51.6 Å². The van der Waals surface area contributed by atoms with Crippen LogP contribution >= 0.6 is 0 Å². The number of hydrogen-bond acceptors (Lipinski definition) is 4. The van der Waals surface area contributed by atoms with E-state index in [4.69, 9.17) is 4.42 Å². The van der Waals surface area contributed by atoms with E-state index in [1.54, 1.807) is 26.0 Å². The van der Waals surface area contributed by atoms with E-state index in [9.17, 15) is 13.2 Å². The molecule has 0 radical (unpaired) electrons. The number of nitrogens with one attached hydrogen (secondary N) is 1. The summed E-state index contributed by atoms with van der Waals surface area (Å²) in [4.78, 5) is 12.7. The van der Waals surface area contributed by atoms with Crippen molar-refractivity contribution < 1.29 is 17.6 Å². The first kappa shape index (κ1) is 20.2. The van der Waals surface area contributed by atoms with Gasteiger partial charge in [0, 0.05) is 24.2 Å². The third-order valence-corrected chi connectivity index (χ3v) is 6.42. The number of hydrogen-bond donors (Lipinski definition) is 1. The zero-order chi connectivity index (χ0) is 19.6. The Bertz CT molecular complexity index is 900. The van der Waals surface area contributed by atoms with Crippen molar-refractivity contribution in [2.24, 2.45) is 0 Å². The molecule has 0 fully saturated rings. The number of carbonyl (C=O) groups is 1. The normalized spacial score (nSPS) is 13.2. The highest BCUT2D eigenvalue weighted by molar-refractivity contribution is 7.89. The Kier molecular flexibility index (Phi) is 5.93. The SMILES string of the molecule is Cc1cc(C(C)NC(=O)c2cccc(S(=O)(=O)N(C)C(C)C)c2)c(C)o1. The summed E-state index contributed by atoms with van der Waals surface area (Å²) < 4.78 is 32.0. The van der Waals surface area contributed by atoms with E-state index < -0.39 is 10.0 Å². The molecule has 0 aliphatic heterocycles. The van der Waals surface area contributed by atoms with Crippen LogP contribution in [-0.4, -0.2) is 31.7 Å². The third kappa shape index (κ3) is 4.16. The molecule has 142 valence electrons. The summed E-state index contributed by atoms with van der Waals surface area (Å²) in [6, 6.07) is 7.54. The van der Waals surface area contributed by atoms with Gasteiger partial charge < -0.3 is 9.73 Å². The van der Waals surface area contributed by atoms with Crippen LogP contribution in [0, 0.1) is 13.8 Å². The minimum atomic E-state index is -3.64.